The first-order valence-electron chi connectivity index (χ1n) is 9.67. The van der Waals surface area contributed by atoms with Crippen LogP contribution in [0.25, 0.3) is 21.5 Å². The second-order valence-corrected chi connectivity index (χ2v) is 8.79. The number of nitrogens with zero attached hydrogens (tertiary/aromatic N) is 3. The van der Waals surface area contributed by atoms with E-state index in [0.29, 0.717) is 11.2 Å². The molecule has 0 radical (unpaired) electrons. The summed E-state index contributed by atoms with van der Waals surface area (Å²) in [5.74, 6) is -0.167. The zero-order chi connectivity index (χ0) is 19.8. The van der Waals surface area contributed by atoms with Gasteiger partial charge in [0.15, 0.2) is 5.52 Å². The standard InChI is InChI=1S/C21H24N4O2S/c1-12-8-9-16(13(2)10-12)18-20-19(22-14(3)28-20)21(27)25(24-18)11-17(26)23-15-6-4-5-7-15/h8-10,15H,4-7,11H2,1-3H3,(H,23,26). The second kappa shape index (κ2) is 7.47. The largest absolute Gasteiger partial charge is 0.352 e. The molecule has 1 amide bonds. The molecule has 1 fully saturated rings. The molecule has 0 bridgehead atoms. The Balaban J connectivity index is 1.77. The summed E-state index contributed by atoms with van der Waals surface area (Å²) in [5.41, 5.74) is 4.01. The minimum atomic E-state index is -0.311. The summed E-state index contributed by atoms with van der Waals surface area (Å²) < 4.78 is 2.04. The van der Waals surface area contributed by atoms with Gasteiger partial charge in [0.2, 0.25) is 5.91 Å². The number of rotatable bonds is 4. The van der Waals surface area contributed by atoms with Crippen molar-refractivity contribution in [3.8, 4) is 11.3 Å². The van der Waals surface area contributed by atoms with Gasteiger partial charge in [-0.1, -0.05) is 36.6 Å². The van der Waals surface area contributed by atoms with Gasteiger partial charge in [0, 0.05) is 11.6 Å². The number of hydrogen-bond acceptors (Lipinski definition) is 5. The summed E-state index contributed by atoms with van der Waals surface area (Å²) >= 11 is 1.47. The van der Waals surface area contributed by atoms with Crippen LogP contribution in [0.15, 0.2) is 23.0 Å². The molecule has 3 aromatic rings. The van der Waals surface area contributed by atoms with Crippen molar-refractivity contribution in [2.24, 2.45) is 0 Å². The molecule has 1 saturated carbocycles. The Morgan fingerprint density at radius 3 is 2.71 bits per heavy atom. The van der Waals surface area contributed by atoms with Gasteiger partial charge < -0.3 is 5.32 Å². The number of hydrogen-bond donors (Lipinski definition) is 1. The zero-order valence-corrected chi connectivity index (χ0v) is 17.2. The van der Waals surface area contributed by atoms with Crippen LogP contribution in [0.1, 0.15) is 41.8 Å². The molecule has 0 saturated heterocycles. The van der Waals surface area contributed by atoms with Crippen molar-refractivity contribution in [1.29, 1.82) is 0 Å². The summed E-state index contributed by atoms with van der Waals surface area (Å²) in [6, 6.07) is 6.37. The van der Waals surface area contributed by atoms with Crippen molar-refractivity contribution in [2.45, 2.75) is 59.0 Å². The molecule has 28 heavy (non-hydrogen) atoms. The second-order valence-electron chi connectivity index (χ2n) is 7.59. The first-order valence-corrected chi connectivity index (χ1v) is 10.5. The highest BCUT2D eigenvalue weighted by Crippen LogP contribution is 2.31. The van der Waals surface area contributed by atoms with E-state index in [-0.39, 0.29) is 24.1 Å². The number of carbonyl (C=O) groups is 1. The maximum Gasteiger partial charge on any atom is 0.294 e. The van der Waals surface area contributed by atoms with E-state index in [0.717, 1.165) is 46.5 Å². The van der Waals surface area contributed by atoms with E-state index in [2.05, 4.69) is 21.5 Å². The maximum absolute atomic E-state index is 12.9. The van der Waals surface area contributed by atoms with Crippen LogP contribution in [0, 0.1) is 20.8 Å². The van der Waals surface area contributed by atoms with Crippen molar-refractivity contribution in [1.82, 2.24) is 20.1 Å². The number of carbonyl (C=O) groups excluding carboxylic acids is 1. The topological polar surface area (TPSA) is 76.9 Å². The first-order chi connectivity index (χ1) is 13.4. The minimum Gasteiger partial charge on any atom is -0.352 e. The number of aromatic nitrogens is 3. The van der Waals surface area contributed by atoms with Crippen LogP contribution in [0.4, 0.5) is 0 Å². The van der Waals surface area contributed by atoms with Crippen molar-refractivity contribution >= 4 is 27.5 Å². The Bertz CT molecular complexity index is 1110. The molecule has 1 N–H and O–H groups in total. The number of nitrogens with one attached hydrogen (secondary N) is 1. The number of aryl methyl sites for hydroxylation is 3. The predicted molar refractivity (Wildman–Crippen MR) is 112 cm³/mol. The minimum absolute atomic E-state index is 0.0836. The van der Waals surface area contributed by atoms with Crippen LogP contribution in [0.2, 0.25) is 0 Å². The van der Waals surface area contributed by atoms with Gasteiger partial charge in [0.05, 0.1) is 9.71 Å². The fourth-order valence-corrected chi connectivity index (χ4v) is 4.82. The highest BCUT2D eigenvalue weighted by molar-refractivity contribution is 7.19. The summed E-state index contributed by atoms with van der Waals surface area (Å²) in [4.78, 5) is 29.8. The summed E-state index contributed by atoms with van der Waals surface area (Å²) in [6.45, 7) is 5.88. The summed E-state index contributed by atoms with van der Waals surface area (Å²) in [5, 5.41) is 8.45. The molecule has 1 aromatic carbocycles. The molecule has 7 heteroatoms. The molecule has 1 aliphatic carbocycles. The first kappa shape index (κ1) is 18.8. The third kappa shape index (κ3) is 3.58. The van der Waals surface area contributed by atoms with Crippen LogP contribution in [0.3, 0.4) is 0 Å². The normalized spacial score (nSPS) is 14.7. The van der Waals surface area contributed by atoms with E-state index in [9.17, 15) is 9.59 Å². The molecule has 0 atom stereocenters. The molecule has 2 heterocycles. The third-order valence-corrected chi connectivity index (χ3v) is 6.24. The van der Waals surface area contributed by atoms with Crippen LogP contribution in [-0.2, 0) is 11.3 Å². The molecule has 0 unspecified atom stereocenters. The molecule has 0 spiro atoms. The lowest BCUT2D eigenvalue weighted by Crippen LogP contribution is -2.38. The summed E-state index contributed by atoms with van der Waals surface area (Å²) in [6.07, 6.45) is 4.30. The molecule has 4 rings (SSSR count). The molecule has 2 aromatic heterocycles. The third-order valence-electron chi connectivity index (χ3n) is 5.26. The SMILES string of the molecule is Cc1ccc(-c2nn(CC(=O)NC3CCCC3)c(=O)c3nc(C)sc23)c(C)c1. The Kier molecular flexibility index (Phi) is 5.02. The van der Waals surface area contributed by atoms with Crippen molar-refractivity contribution in [3.05, 3.63) is 44.7 Å². The van der Waals surface area contributed by atoms with E-state index in [4.69, 9.17) is 0 Å². The van der Waals surface area contributed by atoms with Crippen LogP contribution in [-0.4, -0.2) is 26.7 Å². The number of fused-ring (bicyclic) bond motifs is 1. The van der Waals surface area contributed by atoms with Crippen LogP contribution >= 0.6 is 11.3 Å². The van der Waals surface area contributed by atoms with Crippen molar-refractivity contribution < 1.29 is 4.79 Å². The number of thiazole rings is 1. The maximum atomic E-state index is 12.9. The van der Waals surface area contributed by atoms with Crippen LogP contribution in [0.5, 0.6) is 0 Å². The predicted octanol–water partition coefficient (Wildman–Crippen LogP) is 3.50. The van der Waals surface area contributed by atoms with Gasteiger partial charge in [-0.05, 0) is 39.2 Å². The summed E-state index contributed by atoms with van der Waals surface area (Å²) in [7, 11) is 0. The van der Waals surface area contributed by atoms with Crippen LogP contribution < -0.4 is 10.9 Å². The molecule has 1 aliphatic rings. The lowest BCUT2D eigenvalue weighted by Gasteiger charge is -2.14. The Hall–Kier alpha value is -2.54. The Labute approximate surface area is 167 Å². The van der Waals surface area contributed by atoms with E-state index in [1.54, 1.807) is 0 Å². The molecular formula is C21H24N4O2S. The van der Waals surface area contributed by atoms with Gasteiger partial charge in [0.1, 0.15) is 12.2 Å². The van der Waals surface area contributed by atoms with E-state index >= 15 is 0 Å². The van der Waals surface area contributed by atoms with Gasteiger partial charge in [-0.25, -0.2) is 9.67 Å². The quantitative estimate of drug-likeness (QED) is 0.732. The van der Waals surface area contributed by atoms with Gasteiger partial charge in [0.25, 0.3) is 5.56 Å². The lowest BCUT2D eigenvalue weighted by molar-refractivity contribution is -0.122. The van der Waals surface area contributed by atoms with Gasteiger partial charge in [-0.2, -0.15) is 5.10 Å². The van der Waals surface area contributed by atoms with Gasteiger partial charge in [-0.15, -0.1) is 11.3 Å². The molecule has 6 nitrogen and oxygen atoms in total. The average molecular weight is 397 g/mol. The fraction of sp³-hybridized carbons (Fsp3) is 0.429. The van der Waals surface area contributed by atoms with E-state index in [1.807, 2.05) is 32.9 Å². The van der Waals surface area contributed by atoms with Crippen molar-refractivity contribution in [2.75, 3.05) is 0 Å². The van der Waals surface area contributed by atoms with E-state index < -0.39 is 0 Å². The highest BCUT2D eigenvalue weighted by atomic mass is 32.1. The zero-order valence-electron chi connectivity index (χ0n) is 16.4. The fourth-order valence-electron chi connectivity index (χ4n) is 3.91. The number of amides is 1. The van der Waals surface area contributed by atoms with Crippen molar-refractivity contribution in [3.63, 3.8) is 0 Å². The van der Waals surface area contributed by atoms with Gasteiger partial charge >= 0.3 is 0 Å². The Morgan fingerprint density at radius 2 is 2.00 bits per heavy atom. The number of benzene rings is 1. The van der Waals surface area contributed by atoms with Gasteiger partial charge in [-0.3, -0.25) is 9.59 Å². The lowest BCUT2D eigenvalue weighted by atomic mass is 10.0. The molecule has 0 aliphatic heterocycles. The molecule has 146 valence electrons. The molecular weight excluding hydrogens is 372 g/mol. The Morgan fingerprint density at radius 1 is 1.25 bits per heavy atom. The van der Waals surface area contributed by atoms with E-state index in [1.165, 1.54) is 21.6 Å². The smallest absolute Gasteiger partial charge is 0.294 e. The monoisotopic (exact) mass is 396 g/mol. The highest BCUT2D eigenvalue weighted by Gasteiger charge is 2.21. The average Bonchev–Trinajstić information content (AvgIpc) is 3.27.